The summed E-state index contributed by atoms with van der Waals surface area (Å²) in [6, 6.07) is 17.8. The van der Waals surface area contributed by atoms with Crippen LogP contribution in [0, 0.1) is 0 Å². The molecule has 0 atom stereocenters. The average Bonchev–Trinajstić information content (AvgIpc) is 3.16. The number of hydrogen-bond donors (Lipinski definition) is 1. The number of nitrogens with one attached hydrogen (secondary N) is 1. The fourth-order valence-corrected chi connectivity index (χ4v) is 3.96. The molecule has 4 rings (SSSR count). The largest absolute Gasteiger partial charge is 0.465 e. The molecule has 0 spiro atoms. The number of hydrogen-bond acceptors (Lipinski definition) is 6. The lowest BCUT2D eigenvalue weighted by Gasteiger charge is -2.09. The molecule has 0 amide bonds. The van der Waals surface area contributed by atoms with Gasteiger partial charge in [0, 0.05) is 20.7 Å². The summed E-state index contributed by atoms with van der Waals surface area (Å²) in [6.45, 7) is 2.08. The Labute approximate surface area is 207 Å². The topological polar surface area (TPSA) is 81.9 Å². The Morgan fingerprint density at radius 3 is 2.55 bits per heavy atom. The van der Waals surface area contributed by atoms with Gasteiger partial charge in [-0.15, -0.1) is 0 Å². The van der Waals surface area contributed by atoms with Gasteiger partial charge in [0.15, 0.2) is 0 Å². The van der Waals surface area contributed by atoms with Gasteiger partial charge in [0.05, 0.1) is 12.2 Å². The molecular formula is C24H19Br2N3O4. The Morgan fingerprint density at radius 1 is 1.03 bits per heavy atom. The standard InChI is InChI=1S/C24H19Br2N3O4/c1-2-32-21(30)13-27-23-22(28-20-11-8-18(26)14-29(20)23)15-6-9-19(10-7-15)33-24(31)16-4-3-5-17(25)12-16/h3-12,14,27H,2,13H2,1H3. The molecule has 168 valence electrons. The van der Waals surface area contributed by atoms with Crippen molar-refractivity contribution in [1.82, 2.24) is 9.38 Å². The molecule has 0 fully saturated rings. The summed E-state index contributed by atoms with van der Waals surface area (Å²) in [5.41, 5.74) is 2.61. The zero-order chi connectivity index (χ0) is 23.4. The number of aromatic nitrogens is 2. The van der Waals surface area contributed by atoms with Gasteiger partial charge in [-0.25, -0.2) is 9.78 Å². The third-order valence-corrected chi connectivity index (χ3v) is 5.65. The van der Waals surface area contributed by atoms with Crippen molar-refractivity contribution in [3.8, 4) is 17.0 Å². The lowest BCUT2D eigenvalue weighted by Crippen LogP contribution is -2.17. The van der Waals surface area contributed by atoms with E-state index in [0.29, 0.717) is 35.1 Å². The van der Waals surface area contributed by atoms with E-state index < -0.39 is 5.97 Å². The monoisotopic (exact) mass is 571 g/mol. The molecule has 0 radical (unpaired) electrons. The number of esters is 2. The second kappa shape index (κ2) is 10.2. The van der Waals surface area contributed by atoms with Crippen LogP contribution in [0.5, 0.6) is 5.75 Å². The van der Waals surface area contributed by atoms with Gasteiger partial charge in [0.2, 0.25) is 0 Å². The van der Waals surface area contributed by atoms with Crippen LogP contribution in [0.2, 0.25) is 0 Å². The van der Waals surface area contributed by atoms with Gasteiger partial charge < -0.3 is 14.8 Å². The molecule has 7 nitrogen and oxygen atoms in total. The highest BCUT2D eigenvalue weighted by molar-refractivity contribution is 9.10. The molecule has 0 aliphatic heterocycles. The number of halogens is 2. The summed E-state index contributed by atoms with van der Waals surface area (Å²) in [5.74, 6) is 0.260. The maximum Gasteiger partial charge on any atom is 0.343 e. The first kappa shape index (κ1) is 23.0. The third kappa shape index (κ3) is 5.43. The number of carbonyl (C=O) groups is 2. The second-order valence-corrected chi connectivity index (χ2v) is 8.80. The van der Waals surface area contributed by atoms with E-state index in [2.05, 4.69) is 37.2 Å². The van der Waals surface area contributed by atoms with Crippen LogP contribution in [0.15, 0.2) is 75.8 Å². The SMILES string of the molecule is CCOC(=O)CNc1c(-c2ccc(OC(=O)c3cccc(Br)c3)cc2)nc2ccc(Br)cn12. The van der Waals surface area contributed by atoms with Crippen molar-refractivity contribution in [2.75, 3.05) is 18.5 Å². The number of rotatable bonds is 7. The molecule has 33 heavy (non-hydrogen) atoms. The van der Waals surface area contributed by atoms with Gasteiger partial charge in [0.25, 0.3) is 0 Å². The van der Waals surface area contributed by atoms with Crippen LogP contribution in [0.25, 0.3) is 16.9 Å². The Morgan fingerprint density at radius 2 is 1.82 bits per heavy atom. The van der Waals surface area contributed by atoms with Crippen molar-refractivity contribution >= 4 is 55.3 Å². The molecule has 2 heterocycles. The van der Waals surface area contributed by atoms with Gasteiger partial charge in [-0.2, -0.15) is 0 Å². The molecule has 2 aromatic heterocycles. The lowest BCUT2D eigenvalue weighted by atomic mass is 10.1. The molecule has 0 saturated heterocycles. The molecule has 4 aromatic rings. The minimum atomic E-state index is -0.446. The van der Waals surface area contributed by atoms with E-state index in [1.807, 2.05) is 40.9 Å². The summed E-state index contributed by atoms with van der Waals surface area (Å²) in [5, 5.41) is 3.14. The number of imidazole rings is 1. The van der Waals surface area contributed by atoms with Crippen molar-refractivity contribution in [2.45, 2.75) is 6.92 Å². The fourth-order valence-electron chi connectivity index (χ4n) is 3.22. The predicted molar refractivity (Wildman–Crippen MR) is 133 cm³/mol. The van der Waals surface area contributed by atoms with Crippen LogP contribution >= 0.6 is 31.9 Å². The summed E-state index contributed by atoms with van der Waals surface area (Å²) in [6.07, 6.45) is 1.87. The Balaban J connectivity index is 1.60. The number of fused-ring (bicyclic) bond motifs is 1. The molecule has 2 aromatic carbocycles. The van der Waals surface area contributed by atoms with E-state index in [9.17, 15) is 9.59 Å². The first-order chi connectivity index (χ1) is 15.9. The van der Waals surface area contributed by atoms with Crippen LogP contribution in [-0.4, -0.2) is 34.5 Å². The van der Waals surface area contributed by atoms with Crippen molar-refractivity contribution in [1.29, 1.82) is 0 Å². The van der Waals surface area contributed by atoms with Crippen molar-refractivity contribution in [3.05, 3.63) is 81.4 Å². The van der Waals surface area contributed by atoms with E-state index in [4.69, 9.17) is 14.5 Å². The van der Waals surface area contributed by atoms with E-state index in [-0.39, 0.29) is 12.5 Å². The molecule has 1 N–H and O–H groups in total. The maximum absolute atomic E-state index is 12.4. The van der Waals surface area contributed by atoms with Crippen LogP contribution in [-0.2, 0) is 9.53 Å². The van der Waals surface area contributed by atoms with Crippen molar-refractivity contribution in [2.24, 2.45) is 0 Å². The smallest absolute Gasteiger partial charge is 0.343 e. The number of ether oxygens (including phenoxy) is 2. The zero-order valence-corrected chi connectivity index (χ0v) is 20.7. The second-order valence-electron chi connectivity index (χ2n) is 6.97. The Hall–Kier alpha value is -3.17. The number of anilines is 1. The molecule has 0 bridgehead atoms. The maximum atomic E-state index is 12.4. The van der Waals surface area contributed by atoms with E-state index >= 15 is 0 Å². The normalized spacial score (nSPS) is 10.8. The minimum Gasteiger partial charge on any atom is -0.465 e. The number of carbonyl (C=O) groups excluding carboxylic acids is 2. The molecule has 0 aliphatic carbocycles. The third-order valence-electron chi connectivity index (χ3n) is 4.69. The first-order valence-electron chi connectivity index (χ1n) is 10.1. The average molecular weight is 573 g/mol. The summed E-state index contributed by atoms with van der Waals surface area (Å²) >= 11 is 6.83. The van der Waals surface area contributed by atoms with Gasteiger partial charge in [-0.3, -0.25) is 9.20 Å². The van der Waals surface area contributed by atoms with Gasteiger partial charge in [0.1, 0.15) is 29.5 Å². The summed E-state index contributed by atoms with van der Waals surface area (Å²) in [4.78, 5) is 29.0. The van der Waals surface area contributed by atoms with Gasteiger partial charge >= 0.3 is 11.9 Å². The number of nitrogens with zero attached hydrogens (tertiary/aromatic N) is 2. The highest BCUT2D eigenvalue weighted by Gasteiger charge is 2.16. The zero-order valence-electron chi connectivity index (χ0n) is 17.5. The Kier molecular flexibility index (Phi) is 7.10. The van der Waals surface area contributed by atoms with Crippen LogP contribution in [0.4, 0.5) is 5.82 Å². The fraction of sp³-hybridized carbons (Fsp3) is 0.125. The molecule has 0 unspecified atom stereocenters. The van der Waals surface area contributed by atoms with Gasteiger partial charge in [-0.05, 0) is 77.5 Å². The van der Waals surface area contributed by atoms with Gasteiger partial charge in [-0.1, -0.05) is 22.0 Å². The van der Waals surface area contributed by atoms with Crippen LogP contribution in [0.3, 0.4) is 0 Å². The molecule has 9 heteroatoms. The Bertz CT molecular complexity index is 1320. The van der Waals surface area contributed by atoms with Crippen molar-refractivity contribution in [3.63, 3.8) is 0 Å². The number of pyridine rings is 1. The van der Waals surface area contributed by atoms with Crippen LogP contribution < -0.4 is 10.1 Å². The molecule has 0 aliphatic rings. The molecular weight excluding hydrogens is 554 g/mol. The summed E-state index contributed by atoms with van der Waals surface area (Å²) < 4.78 is 14.0. The van der Waals surface area contributed by atoms with Crippen molar-refractivity contribution < 1.29 is 19.1 Å². The van der Waals surface area contributed by atoms with E-state index in [1.165, 1.54) is 0 Å². The lowest BCUT2D eigenvalue weighted by molar-refractivity contribution is -0.140. The minimum absolute atomic E-state index is 0.00345. The van der Waals surface area contributed by atoms with E-state index in [1.54, 1.807) is 37.3 Å². The first-order valence-corrected chi connectivity index (χ1v) is 11.7. The van der Waals surface area contributed by atoms with Crippen LogP contribution in [0.1, 0.15) is 17.3 Å². The van der Waals surface area contributed by atoms with E-state index in [0.717, 1.165) is 14.5 Å². The molecule has 0 saturated carbocycles. The number of benzene rings is 2. The highest BCUT2D eigenvalue weighted by atomic mass is 79.9. The quantitative estimate of drug-likeness (QED) is 0.225. The predicted octanol–water partition coefficient (Wildman–Crippen LogP) is 5.72. The summed E-state index contributed by atoms with van der Waals surface area (Å²) in [7, 11) is 0. The highest BCUT2D eigenvalue weighted by Crippen LogP contribution is 2.31.